The summed E-state index contributed by atoms with van der Waals surface area (Å²) in [5, 5.41) is 13.3. The van der Waals surface area contributed by atoms with Crippen molar-refractivity contribution in [2.45, 2.75) is 37.1 Å². The molecule has 1 fully saturated rings. The molecule has 2 aromatic carbocycles. The summed E-state index contributed by atoms with van der Waals surface area (Å²) in [6.45, 7) is 2.41. The van der Waals surface area contributed by atoms with E-state index in [0.717, 1.165) is 19.3 Å². The number of amides is 1. The molecule has 1 aliphatic heterocycles. The first-order valence-electron chi connectivity index (χ1n) is 8.97. The fourth-order valence-electron chi connectivity index (χ4n) is 3.21. The van der Waals surface area contributed by atoms with Crippen LogP contribution < -0.4 is 5.32 Å². The third kappa shape index (κ3) is 4.20. The van der Waals surface area contributed by atoms with Crippen LogP contribution in [0.25, 0.3) is 0 Å². The second-order valence-corrected chi connectivity index (χ2v) is 8.63. The normalized spacial score (nSPS) is 17.8. The van der Waals surface area contributed by atoms with Crippen molar-refractivity contribution < 1.29 is 18.1 Å². The molecule has 1 unspecified atom stereocenters. The first kappa shape index (κ1) is 20.0. The van der Waals surface area contributed by atoms with Crippen molar-refractivity contribution in [1.82, 2.24) is 4.31 Å². The van der Waals surface area contributed by atoms with Gasteiger partial charge in [0.1, 0.15) is 0 Å². The lowest BCUT2D eigenvalue weighted by Gasteiger charge is -2.32. The molecule has 0 saturated carbocycles. The standard InChI is InChI=1S/C19H21N3O5S/c1-14-4-2-3-13-21(14)28(26,27)18-11-5-15(6-12-18)19(23)20-16-7-9-17(10-8-16)22(24)25/h5-12,14H,2-4,13H2,1H3,(H,20,23). The van der Waals surface area contributed by atoms with Gasteiger partial charge in [-0.25, -0.2) is 8.42 Å². The minimum atomic E-state index is -3.59. The van der Waals surface area contributed by atoms with E-state index in [4.69, 9.17) is 0 Å². The quantitative estimate of drug-likeness (QED) is 0.608. The maximum absolute atomic E-state index is 12.8. The number of rotatable bonds is 5. The number of hydrogen-bond donors (Lipinski definition) is 1. The molecule has 148 valence electrons. The highest BCUT2D eigenvalue weighted by molar-refractivity contribution is 7.89. The van der Waals surface area contributed by atoms with Gasteiger partial charge in [-0.2, -0.15) is 4.31 Å². The van der Waals surface area contributed by atoms with E-state index >= 15 is 0 Å². The lowest BCUT2D eigenvalue weighted by molar-refractivity contribution is -0.384. The molecule has 1 atom stereocenters. The topological polar surface area (TPSA) is 110 Å². The number of benzene rings is 2. The lowest BCUT2D eigenvalue weighted by Crippen LogP contribution is -2.41. The summed E-state index contributed by atoms with van der Waals surface area (Å²) in [7, 11) is -3.59. The number of nitro groups is 1. The number of non-ortho nitro benzene ring substituents is 1. The summed E-state index contributed by atoms with van der Waals surface area (Å²) < 4.78 is 27.2. The second kappa shape index (κ2) is 8.07. The van der Waals surface area contributed by atoms with Crippen LogP contribution >= 0.6 is 0 Å². The van der Waals surface area contributed by atoms with Crippen LogP contribution in [0.2, 0.25) is 0 Å². The maximum Gasteiger partial charge on any atom is 0.269 e. The molecule has 1 heterocycles. The zero-order valence-corrected chi connectivity index (χ0v) is 16.2. The fourth-order valence-corrected chi connectivity index (χ4v) is 4.91. The van der Waals surface area contributed by atoms with Gasteiger partial charge in [-0.3, -0.25) is 14.9 Å². The van der Waals surface area contributed by atoms with E-state index in [1.54, 1.807) is 0 Å². The summed E-state index contributed by atoms with van der Waals surface area (Å²) in [6, 6.07) is 11.2. The zero-order chi connectivity index (χ0) is 20.3. The van der Waals surface area contributed by atoms with Crippen molar-refractivity contribution >= 4 is 27.3 Å². The van der Waals surface area contributed by atoms with Crippen LogP contribution in [-0.4, -0.2) is 36.1 Å². The number of hydrogen-bond acceptors (Lipinski definition) is 5. The van der Waals surface area contributed by atoms with Gasteiger partial charge in [0.05, 0.1) is 9.82 Å². The molecule has 1 N–H and O–H groups in total. The van der Waals surface area contributed by atoms with Crippen molar-refractivity contribution in [3.8, 4) is 0 Å². The van der Waals surface area contributed by atoms with E-state index in [2.05, 4.69) is 5.32 Å². The average Bonchev–Trinajstić information content (AvgIpc) is 2.68. The van der Waals surface area contributed by atoms with Gasteiger partial charge < -0.3 is 5.32 Å². The highest BCUT2D eigenvalue weighted by atomic mass is 32.2. The number of nitro benzene ring substituents is 1. The highest BCUT2D eigenvalue weighted by Crippen LogP contribution is 2.25. The molecule has 1 saturated heterocycles. The second-order valence-electron chi connectivity index (χ2n) is 6.74. The number of carbonyl (C=O) groups excluding carboxylic acids is 1. The van der Waals surface area contributed by atoms with Crippen molar-refractivity contribution in [2.24, 2.45) is 0 Å². The lowest BCUT2D eigenvalue weighted by atomic mass is 10.1. The van der Waals surface area contributed by atoms with Crippen LogP contribution in [0.5, 0.6) is 0 Å². The van der Waals surface area contributed by atoms with Crippen molar-refractivity contribution in [2.75, 3.05) is 11.9 Å². The number of anilines is 1. The summed E-state index contributed by atoms with van der Waals surface area (Å²) in [6.07, 6.45) is 2.71. The summed E-state index contributed by atoms with van der Waals surface area (Å²) in [5.74, 6) is -0.427. The Bertz CT molecular complexity index is 972. The van der Waals surface area contributed by atoms with E-state index in [9.17, 15) is 23.3 Å². The molecular formula is C19H21N3O5S. The SMILES string of the molecule is CC1CCCCN1S(=O)(=O)c1ccc(C(=O)Nc2ccc([N+](=O)[O-])cc2)cc1. The van der Waals surface area contributed by atoms with E-state index in [1.165, 1.54) is 52.8 Å². The van der Waals surface area contributed by atoms with Crippen molar-refractivity contribution in [1.29, 1.82) is 0 Å². The summed E-state index contributed by atoms with van der Waals surface area (Å²) in [4.78, 5) is 22.7. The van der Waals surface area contributed by atoms with Gasteiger partial charge in [0, 0.05) is 36.0 Å². The first-order valence-corrected chi connectivity index (χ1v) is 10.4. The molecule has 28 heavy (non-hydrogen) atoms. The first-order chi connectivity index (χ1) is 13.3. The largest absolute Gasteiger partial charge is 0.322 e. The predicted octanol–water partition coefficient (Wildman–Crippen LogP) is 3.41. The fraction of sp³-hybridized carbons (Fsp3) is 0.316. The smallest absolute Gasteiger partial charge is 0.269 e. The van der Waals surface area contributed by atoms with Gasteiger partial charge in [0.2, 0.25) is 10.0 Å². The number of nitrogens with one attached hydrogen (secondary N) is 1. The summed E-state index contributed by atoms with van der Waals surface area (Å²) in [5.41, 5.74) is 0.637. The summed E-state index contributed by atoms with van der Waals surface area (Å²) >= 11 is 0. The Morgan fingerprint density at radius 3 is 2.32 bits per heavy atom. The molecular weight excluding hydrogens is 382 g/mol. The third-order valence-corrected chi connectivity index (χ3v) is 6.83. The Hall–Kier alpha value is -2.78. The van der Waals surface area contributed by atoms with E-state index < -0.39 is 20.9 Å². The van der Waals surface area contributed by atoms with Crippen LogP contribution in [0, 0.1) is 10.1 Å². The molecule has 9 heteroatoms. The maximum atomic E-state index is 12.8. The monoisotopic (exact) mass is 403 g/mol. The molecule has 1 amide bonds. The molecule has 0 bridgehead atoms. The van der Waals surface area contributed by atoms with Gasteiger partial charge in [-0.1, -0.05) is 6.42 Å². The molecule has 8 nitrogen and oxygen atoms in total. The van der Waals surface area contributed by atoms with Crippen LogP contribution in [0.15, 0.2) is 53.4 Å². The zero-order valence-electron chi connectivity index (χ0n) is 15.4. The Morgan fingerprint density at radius 1 is 1.11 bits per heavy atom. The number of piperidine rings is 1. The van der Waals surface area contributed by atoms with Gasteiger partial charge in [0.15, 0.2) is 0 Å². The average molecular weight is 403 g/mol. The van der Waals surface area contributed by atoms with E-state index in [1.807, 2.05) is 6.92 Å². The van der Waals surface area contributed by atoms with Gasteiger partial charge in [-0.15, -0.1) is 0 Å². The Balaban J connectivity index is 1.72. The van der Waals surface area contributed by atoms with Crippen LogP contribution in [-0.2, 0) is 10.0 Å². The van der Waals surface area contributed by atoms with E-state index in [0.29, 0.717) is 17.8 Å². The number of carbonyl (C=O) groups is 1. The van der Waals surface area contributed by atoms with Gasteiger partial charge in [-0.05, 0) is 56.2 Å². The Morgan fingerprint density at radius 2 is 1.75 bits per heavy atom. The third-order valence-electron chi connectivity index (χ3n) is 4.80. The van der Waals surface area contributed by atoms with Gasteiger partial charge in [0.25, 0.3) is 11.6 Å². The molecule has 0 radical (unpaired) electrons. The molecule has 0 aliphatic carbocycles. The predicted molar refractivity (Wildman–Crippen MR) is 105 cm³/mol. The van der Waals surface area contributed by atoms with E-state index in [-0.39, 0.29) is 16.6 Å². The number of nitrogens with zero attached hydrogens (tertiary/aromatic N) is 2. The minimum absolute atomic E-state index is 0.0381. The van der Waals surface area contributed by atoms with Crippen molar-refractivity contribution in [3.63, 3.8) is 0 Å². The van der Waals surface area contributed by atoms with Crippen molar-refractivity contribution in [3.05, 3.63) is 64.2 Å². The highest BCUT2D eigenvalue weighted by Gasteiger charge is 2.30. The van der Waals surface area contributed by atoms with Crippen LogP contribution in [0.4, 0.5) is 11.4 Å². The van der Waals surface area contributed by atoms with Gasteiger partial charge >= 0.3 is 0 Å². The molecule has 0 spiro atoms. The van der Waals surface area contributed by atoms with Crippen LogP contribution in [0.1, 0.15) is 36.5 Å². The molecule has 2 aromatic rings. The molecule has 1 aliphatic rings. The Labute approximate surface area is 163 Å². The molecule has 3 rings (SSSR count). The minimum Gasteiger partial charge on any atom is -0.322 e. The van der Waals surface area contributed by atoms with Crippen LogP contribution in [0.3, 0.4) is 0 Å². The Kier molecular flexibility index (Phi) is 5.76. The molecule has 0 aromatic heterocycles. The number of sulfonamides is 1.